The van der Waals surface area contributed by atoms with Crippen LogP contribution in [0.4, 0.5) is 13.2 Å². The highest BCUT2D eigenvalue weighted by Crippen LogP contribution is 2.44. The van der Waals surface area contributed by atoms with Gasteiger partial charge in [0.15, 0.2) is 0 Å². The van der Waals surface area contributed by atoms with Gasteiger partial charge in [-0.3, -0.25) is 0 Å². The number of benzene rings is 1. The summed E-state index contributed by atoms with van der Waals surface area (Å²) in [5.74, 6) is 0.431. The fourth-order valence-corrected chi connectivity index (χ4v) is 2.10. The monoisotopic (exact) mass is 245 g/mol. The van der Waals surface area contributed by atoms with Crippen molar-refractivity contribution in [2.75, 3.05) is 7.11 Å². The molecule has 0 spiro atoms. The molecule has 1 aromatic rings. The highest BCUT2D eigenvalue weighted by atomic mass is 19.4. The lowest BCUT2D eigenvalue weighted by Crippen LogP contribution is -2.43. The van der Waals surface area contributed by atoms with Gasteiger partial charge in [-0.1, -0.05) is 0 Å². The summed E-state index contributed by atoms with van der Waals surface area (Å²) in [6.07, 6.45) is -2.01. The van der Waals surface area contributed by atoms with Crippen molar-refractivity contribution in [1.82, 2.24) is 0 Å². The van der Waals surface area contributed by atoms with Crippen molar-refractivity contribution < 1.29 is 17.9 Å². The van der Waals surface area contributed by atoms with Crippen molar-refractivity contribution >= 4 is 0 Å². The van der Waals surface area contributed by atoms with Crippen LogP contribution >= 0.6 is 0 Å². The molecule has 5 heteroatoms. The quantitative estimate of drug-likeness (QED) is 0.869. The molecule has 0 radical (unpaired) electrons. The van der Waals surface area contributed by atoms with Crippen LogP contribution in [0, 0.1) is 0 Å². The number of rotatable bonds is 2. The number of nitrogens with two attached hydrogens (primary N) is 1. The van der Waals surface area contributed by atoms with Crippen LogP contribution in [0.3, 0.4) is 0 Å². The molecule has 0 saturated heterocycles. The molecule has 0 amide bonds. The standard InChI is InChI=1S/C12H14F3NO/c1-17-10-4-3-8(12(13,14)15)7-9(10)11(16)5-2-6-11/h3-4,7H,2,5-6,16H2,1H3. The zero-order valence-corrected chi connectivity index (χ0v) is 9.47. The molecular formula is C12H14F3NO. The average Bonchev–Trinajstić information content (AvgIpc) is 2.23. The minimum atomic E-state index is -4.35. The Balaban J connectivity index is 2.47. The molecule has 1 aliphatic rings. The van der Waals surface area contributed by atoms with Crippen molar-refractivity contribution in [2.45, 2.75) is 31.0 Å². The van der Waals surface area contributed by atoms with E-state index in [4.69, 9.17) is 10.5 Å². The van der Waals surface area contributed by atoms with E-state index in [1.165, 1.54) is 13.2 Å². The van der Waals surface area contributed by atoms with E-state index < -0.39 is 17.3 Å². The lowest BCUT2D eigenvalue weighted by Gasteiger charge is -2.39. The second-order valence-corrected chi connectivity index (χ2v) is 4.42. The Bertz CT molecular complexity index is 424. The van der Waals surface area contributed by atoms with Gasteiger partial charge in [0.1, 0.15) is 5.75 Å². The number of hydrogen-bond donors (Lipinski definition) is 1. The molecule has 2 nitrogen and oxygen atoms in total. The lowest BCUT2D eigenvalue weighted by molar-refractivity contribution is -0.137. The third kappa shape index (κ3) is 2.11. The first-order chi connectivity index (χ1) is 7.87. The van der Waals surface area contributed by atoms with Gasteiger partial charge in [-0.05, 0) is 37.5 Å². The molecule has 2 N–H and O–H groups in total. The van der Waals surface area contributed by atoms with Crippen molar-refractivity contribution in [1.29, 1.82) is 0 Å². The summed E-state index contributed by atoms with van der Waals surface area (Å²) in [6.45, 7) is 0. The number of halogens is 3. The molecule has 1 aromatic carbocycles. The zero-order chi connectivity index (χ0) is 12.7. The Morgan fingerprint density at radius 3 is 2.35 bits per heavy atom. The Labute approximate surface area is 97.6 Å². The Morgan fingerprint density at radius 2 is 1.94 bits per heavy atom. The van der Waals surface area contributed by atoms with Crippen LogP contribution in [-0.4, -0.2) is 7.11 Å². The Morgan fingerprint density at radius 1 is 1.29 bits per heavy atom. The number of hydrogen-bond acceptors (Lipinski definition) is 2. The maximum Gasteiger partial charge on any atom is 0.416 e. The smallest absolute Gasteiger partial charge is 0.416 e. The second-order valence-electron chi connectivity index (χ2n) is 4.42. The van der Waals surface area contributed by atoms with E-state index in [2.05, 4.69) is 0 Å². The van der Waals surface area contributed by atoms with Gasteiger partial charge in [-0.15, -0.1) is 0 Å². The summed E-state index contributed by atoms with van der Waals surface area (Å²) in [6, 6.07) is 3.47. The van der Waals surface area contributed by atoms with Crippen molar-refractivity contribution in [2.24, 2.45) is 5.73 Å². The first-order valence-corrected chi connectivity index (χ1v) is 5.41. The zero-order valence-electron chi connectivity index (χ0n) is 9.47. The van der Waals surface area contributed by atoms with E-state index in [1.54, 1.807) is 0 Å². The fourth-order valence-electron chi connectivity index (χ4n) is 2.10. The first-order valence-electron chi connectivity index (χ1n) is 5.41. The van der Waals surface area contributed by atoms with Crippen LogP contribution in [0.2, 0.25) is 0 Å². The summed E-state index contributed by atoms with van der Waals surface area (Å²) >= 11 is 0. The molecule has 17 heavy (non-hydrogen) atoms. The minimum absolute atomic E-state index is 0.431. The van der Waals surface area contributed by atoms with Crippen LogP contribution in [0.25, 0.3) is 0 Å². The topological polar surface area (TPSA) is 35.2 Å². The van der Waals surface area contributed by atoms with E-state index in [1.807, 2.05) is 0 Å². The van der Waals surface area contributed by atoms with Gasteiger partial charge >= 0.3 is 6.18 Å². The molecule has 2 rings (SSSR count). The fraction of sp³-hybridized carbons (Fsp3) is 0.500. The summed E-state index contributed by atoms with van der Waals surface area (Å²) in [5.41, 5.74) is 5.19. The van der Waals surface area contributed by atoms with E-state index in [9.17, 15) is 13.2 Å². The van der Waals surface area contributed by atoms with Crippen LogP contribution in [0.5, 0.6) is 5.75 Å². The van der Waals surface area contributed by atoms with Crippen LogP contribution in [0.1, 0.15) is 30.4 Å². The summed E-state index contributed by atoms with van der Waals surface area (Å²) in [7, 11) is 1.44. The predicted octanol–water partition coefficient (Wildman–Crippen LogP) is 3.05. The summed E-state index contributed by atoms with van der Waals surface area (Å²) in [5, 5.41) is 0. The molecule has 1 fully saturated rings. The van der Waals surface area contributed by atoms with Crippen molar-refractivity contribution in [3.05, 3.63) is 29.3 Å². The van der Waals surface area contributed by atoms with Gasteiger partial charge < -0.3 is 10.5 Å². The van der Waals surface area contributed by atoms with Crippen molar-refractivity contribution in [3.63, 3.8) is 0 Å². The molecule has 1 aliphatic carbocycles. The van der Waals surface area contributed by atoms with Crippen LogP contribution in [-0.2, 0) is 11.7 Å². The van der Waals surface area contributed by atoms with Crippen LogP contribution < -0.4 is 10.5 Å². The molecule has 0 aromatic heterocycles. The minimum Gasteiger partial charge on any atom is -0.496 e. The van der Waals surface area contributed by atoms with Gasteiger partial charge in [0.2, 0.25) is 0 Å². The lowest BCUT2D eigenvalue weighted by atomic mass is 9.72. The Hall–Kier alpha value is -1.23. The molecule has 0 unspecified atom stereocenters. The van der Waals surface area contributed by atoms with Gasteiger partial charge in [-0.25, -0.2) is 0 Å². The highest BCUT2D eigenvalue weighted by Gasteiger charge is 2.39. The highest BCUT2D eigenvalue weighted by molar-refractivity contribution is 5.44. The predicted molar refractivity (Wildman–Crippen MR) is 57.7 cm³/mol. The van der Waals surface area contributed by atoms with Crippen LogP contribution in [0.15, 0.2) is 18.2 Å². The largest absolute Gasteiger partial charge is 0.496 e. The molecule has 1 saturated carbocycles. The van der Waals surface area contributed by atoms with E-state index in [0.29, 0.717) is 24.2 Å². The van der Waals surface area contributed by atoms with E-state index >= 15 is 0 Å². The van der Waals surface area contributed by atoms with Gasteiger partial charge in [0.25, 0.3) is 0 Å². The summed E-state index contributed by atoms with van der Waals surface area (Å²) in [4.78, 5) is 0. The van der Waals surface area contributed by atoms with E-state index in [-0.39, 0.29) is 0 Å². The summed E-state index contributed by atoms with van der Waals surface area (Å²) < 4.78 is 43.0. The third-order valence-corrected chi connectivity index (χ3v) is 3.31. The maximum atomic E-state index is 12.6. The molecule has 0 heterocycles. The number of ether oxygens (including phenoxy) is 1. The van der Waals surface area contributed by atoms with Crippen molar-refractivity contribution in [3.8, 4) is 5.75 Å². The normalized spacial score (nSPS) is 18.6. The number of alkyl halides is 3. The van der Waals surface area contributed by atoms with Gasteiger partial charge in [0.05, 0.1) is 12.7 Å². The van der Waals surface area contributed by atoms with E-state index in [0.717, 1.165) is 18.6 Å². The first kappa shape index (κ1) is 12.2. The second kappa shape index (κ2) is 3.91. The average molecular weight is 245 g/mol. The molecule has 0 aliphatic heterocycles. The molecular weight excluding hydrogens is 231 g/mol. The molecule has 0 bridgehead atoms. The number of methoxy groups -OCH3 is 1. The third-order valence-electron chi connectivity index (χ3n) is 3.31. The maximum absolute atomic E-state index is 12.6. The van der Waals surface area contributed by atoms with Gasteiger partial charge in [0, 0.05) is 11.1 Å². The molecule has 94 valence electrons. The Kier molecular flexibility index (Phi) is 2.81. The molecule has 0 atom stereocenters. The SMILES string of the molecule is COc1ccc(C(F)(F)F)cc1C1(N)CCC1. The van der Waals surface area contributed by atoms with Gasteiger partial charge in [-0.2, -0.15) is 13.2 Å².